The van der Waals surface area contributed by atoms with Crippen LogP contribution in [0.15, 0.2) is 65.5 Å². The lowest BCUT2D eigenvalue weighted by Gasteiger charge is -2.22. The third kappa shape index (κ3) is 3.28. The van der Waals surface area contributed by atoms with Crippen LogP contribution in [0.25, 0.3) is 0 Å². The van der Waals surface area contributed by atoms with Crippen molar-refractivity contribution in [3.05, 3.63) is 93.4 Å². The number of para-hydroxylation sites is 1. The highest BCUT2D eigenvalue weighted by atomic mass is 16.2. The van der Waals surface area contributed by atoms with Crippen LogP contribution in [0.3, 0.4) is 0 Å². The predicted octanol–water partition coefficient (Wildman–Crippen LogP) is 3.19. The molecule has 1 aromatic heterocycles. The fraction of sp³-hybridized carbons (Fsp3) is 0.227. The number of hydrogen-bond acceptors (Lipinski definition) is 3. The number of fused-ring (bicyclic) bond motifs is 1. The smallest absolute Gasteiger partial charge is 0.278 e. The summed E-state index contributed by atoms with van der Waals surface area (Å²) in [6.07, 6.45) is 0.824. The Labute approximate surface area is 157 Å². The predicted molar refractivity (Wildman–Crippen MR) is 105 cm³/mol. The van der Waals surface area contributed by atoms with Gasteiger partial charge in [0.1, 0.15) is 5.69 Å². The summed E-state index contributed by atoms with van der Waals surface area (Å²) in [7, 11) is 0. The maximum absolute atomic E-state index is 13.1. The van der Waals surface area contributed by atoms with E-state index in [9.17, 15) is 9.59 Å². The summed E-state index contributed by atoms with van der Waals surface area (Å²) in [5.74, 6) is -0.176. The van der Waals surface area contributed by atoms with Gasteiger partial charge in [-0.05, 0) is 43.5 Å². The number of rotatable bonds is 3. The van der Waals surface area contributed by atoms with Gasteiger partial charge in [0, 0.05) is 17.8 Å². The Balaban J connectivity index is 1.65. The van der Waals surface area contributed by atoms with Gasteiger partial charge in [-0.25, -0.2) is 4.68 Å². The summed E-state index contributed by atoms with van der Waals surface area (Å²) >= 11 is 0. The second-order valence-electron chi connectivity index (χ2n) is 7.06. The highest BCUT2D eigenvalue weighted by molar-refractivity contribution is 6.06. The first-order valence-electron chi connectivity index (χ1n) is 9.08. The third-order valence-corrected chi connectivity index (χ3v) is 4.96. The molecule has 0 saturated heterocycles. The summed E-state index contributed by atoms with van der Waals surface area (Å²) < 4.78 is 1.35. The van der Waals surface area contributed by atoms with Crippen molar-refractivity contribution in [3.63, 3.8) is 0 Å². The number of anilines is 1. The van der Waals surface area contributed by atoms with Crippen molar-refractivity contribution in [2.75, 3.05) is 4.90 Å². The van der Waals surface area contributed by atoms with Crippen molar-refractivity contribution in [1.29, 1.82) is 0 Å². The molecule has 0 aliphatic carbocycles. The van der Waals surface area contributed by atoms with Gasteiger partial charge in [0.25, 0.3) is 11.5 Å². The Morgan fingerprint density at radius 2 is 1.81 bits per heavy atom. The number of carbonyl (C=O) groups is 1. The molecule has 1 amide bonds. The second-order valence-corrected chi connectivity index (χ2v) is 7.06. The minimum absolute atomic E-state index is 0.0641. The molecule has 0 spiro atoms. The molecule has 0 fully saturated rings. The molecule has 2 aromatic carbocycles. The summed E-state index contributed by atoms with van der Waals surface area (Å²) in [5, 5.41) is 4.35. The molecule has 136 valence electrons. The van der Waals surface area contributed by atoms with Crippen molar-refractivity contribution >= 4 is 11.6 Å². The van der Waals surface area contributed by atoms with Gasteiger partial charge in [-0.1, -0.05) is 48.0 Å². The zero-order valence-electron chi connectivity index (χ0n) is 15.4. The molecule has 5 nitrogen and oxygen atoms in total. The van der Waals surface area contributed by atoms with Crippen LogP contribution in [-0.2, 0) is 13.0 Å². The molecule has 0 unspecified atom stereocenters. The number of amides is 1. The Kier molecular flexibility index (Phi) is 4.36. The zero-order valence-corrected chi connectivity index (χ0v) is 15.4. The summed E-state index contributed by atoms with van der Waals surface area (Å²) in [6.45, 7) is 4.38. The first kappa shape index (κ1) is 17.2. The minimum Gasteiger partial charge on any atom is -0.304 e. The highest BCUT2D eigenvalue weighted by Gasteiger charge is 2.32. The lowest BCUT2D eigenvalue weighted by molar-refractivity contribution is 0.0974. The number of carbonyl (C=O) groups excluding carboxylic acids is 1. The number of benzene rings is 2. The topological polar surface area (TPSA) is 55.2 Å². The van der Waals surface area contributed by atoms with E-state index < -0.39 is 0 Å². The molecule has 1 atom stereocenters. The summed E-state index contributed by atoms with van der Waals surface area (Å²) in [5.41, 5.74) is 4.27. The summed E-state index contributed by atoms with van der Waals surface area (Å²) in [6, 6.07) is 18.9. The van der Waals surface area contributed by atoms with Crippen LogP contribution in [0.1, 0.15) is 34.1 Å². The van der Waals surface area contributed by atoms with Gasteiger partial charge < -0.3 is 4.90 Å². The standard InChI is InChI=1S/C22H21N3O2/c1-15-7-9-17(10-8-15)14-24-21(26)12-11-19(23-24)22(27)25-16(2)13-18-5-3-4-6-20(18)25/h3-12,16H,13-14H2,1-2H3/t16-/m0/s1. The minimum atomic E-state index is -0.220. The SMILES string of the molecule is Cc1ccc(Cn2nc(C(=O)N3c4ccccc4C[C@@H]3C)ccc2=O)cc1. The van der Waals surface area contributed by atoms with Crippen LogP contribution >= 0.6 is 0 Å². The number of aromatic nitrogens is 2. The molecule has 1 aliphatic rings. The molecular formula is C22H21N3O2. The van der Waals surface area contributed by atoms with Crippen LogP contribution in [0.2, 0.25) is 0 Å². The molecule has 1 aliphatic heterocycles. The zero-order chi connectivity index (χ0) is 19.0. The van der Waals surface area contributed by atoms with Gasteiger partial charge in [-0.2, -0.15) is 5.10 Å². The molecule has 0 N–H and O–H groups in total. The molecule has 0 saturated carbocycles. The molecule has 0 radical (unpaired) electrons. The lowest BCUT2D eigenvalue weighted by Crippen LogP contribution is -2.37. The maximum atomic E-state index is 13.1. The van der Waals surface area contributed by atoms with E-state index in [4.69, 9.17) is 0 Å². The van der Waals surface area contributed by atoms with Gasteiger partial charge in [-0.15, -0.1) is 0 Å². The van der Waals surface area contributed by atoms with Gasteiger partial charge >= 0.3 is 0 Å². The molecule has 2 heterocycles. The van der Waals surface area contributed by atoms with E-state index in [2.05, 4.69) is 5.10 Å². The van der Waals surface area contributed by atoms with E-state index in [1.54, 1.807) is 4.90 Å². The van der Waals surface area contributed by atoms with Crippen LogP contribution in [0.5, 0.6) is 0 Å². The van der Waals surface area contributed by atoms with Gasteiger partial charge in [-0.3, -0.25) is 9.59 Å². The van der Waals surface area contributed by atoms with Crippen LogP contribution in [-0.4, -0.2) is 21.7 Å². The Bertz CT molecular complexity index is 1050. The van der Waals surface area contributed by atoms with Crippen molar-refractivity contribution in [2.24, 2.45) is 0 Å². The fourth-order valence-electron chi connectivity index (χ4n) is 3.54. The fourth-order valence-corrected chi connectivity index (χ4v) is 3.54. The van der Waals surface area contributed by atoms with Crippen molar-refractivity contribution < 1.29 is 4.79 Å². The van der Waals surface area contributed by atoms with Crippen molar-refractivity contribution in [3.8, 4) is 0 Å². The van der Waals surface area contributed by atoms with Gasteiger partial charge in [0.2, 0.25) is 0 Å². The highest BCUT2D eigenvalue weighted by Crippen LogP contribution is 2.32. The quantitative estimate of drug-likeness (QED) is 0.722. The van der Waals surface area contributed by atoms with Gasteiger partial charge in [0.15, 0.2) is 0 Å². The number of aryl methyl sites for hydroxylation is 1. The third-order valence-electron chi connectivity index (χ3n) is 4.96. The first-order chi connectivity index (χ1) is 13.0. The largest absolute Gasteiger partial charge is 0.304 e. The normalized spacial score (nSPS) is 15.6. The molecule has 0 bridgehead atoms. The van der Waals surface area contributed by atoms with Crippen LogP contribution in [0.4, 0.5) is 5.69 Å². The Morgan fingerprint density at radius 3 is 2.59 bits per heavy atom. The van der Waals surface area contributed by atoms with Crippen LogP contribution < -0.4 is 10.5 Å². The molecular weight excluding hydrogens is 338 g/mol. The first-order valence-corrected chi connectivity index (χ1v) is 9.08. The number of nitrogens with zero attached hydrogens (tertiary/aromatic N) is 3. The monoisotopic (exact) mass is 359 g/mol. The summed E-state index contributed by atoms with van der Waals surface area (Å²) in [4.78, 5) is 27.1. The maximum Gasteiger partial charge on any atom is 0.278 e. The molecule has 4 rings (SSSR count). The van der Waals surface area contributed by atoms with Crippen LogP contribution in [0, 0.1) is 6.92 Å². The second kappa shape index (κ2) is 6.83. The van der Waals surface area contributed by atoms with Gasteiger partial charge in [0.05, 0.1) is 6.54 Å². The Morgan fingerprint density at radius 1 is 1.07 bits per heavy atom. The van der Waals surface area contributed by atoms with Crippen molar-refractivity contribution in [1.82, 2.24) is 9.78 Å². The lowest BCUT2D eigenvalue weighted by atomic mass is 10.1. The van der Waals surface area contributed by atoms with E-state index in [-0.39, 0.29) is 23.2 Å². The van der Waals surface area contributed by atoms with E-state index in [1.165, 1.54) is 16.8 Å². The molecule has 27 heavy (non-hydrogen) atoms. The average molecular weight is 359 g/mol. The molecule has 5 heteroatoms. The van der Waals surface area contributed by atoms with Crippen molar-refractivity contribution in [2.45, 2.75) is 32.9 Å². The average Bonchev–Trinajstić information content (AvgIpc) is 3.00. The number of hydrogen-bond donors (Lipinski definition) is 0. The van der Waals surface area contributed by atoms with E-state index in [1.807, 2.05) is 62.4 Å². The van der Waals surface area contributed by atoms with E-state index in [0.29, 0.717) is 6.54 Å². The Hall–Kier alpha value is -3.21. The van der Waals surface area contributed by atoms with E-state index >= 15 is 0 Å². The molecule has 3 aromatic rings. The van der Waals surface area contributed by atoms with E-state index in [0.717, 1.165) is 28.8 Å².